The van der Waals surface area contributed by atoms with Crippen molar-refractivity contribution in [2.45, 2.75) is 0 Å². The van der Waals surface area contributed by atoms with Gasteiger partial charge in [0.25, 0.3) is 0 Å². The molecular formula is C60H60Cl2CuN12O12+4. The van der Waals surface area contributed by atoms with E-state index in [1.807, 2.05) is 146 Å². The first-order valence-electron chi connectivity index (χ1n) is 23.9. The minimum atomic E-state index is -4.94. The van der Waals surface area contributed by atoms with E-state index >= 15 is 0 Å². The Bertz CT molecular complexity index is 2660. The van der Waals surface area contributed by atoms with Gasteiger partial charge in [0.1, 0.15) is 0 Å². The molecule has 0 amide bonds. The molecule has 0 unspecified atom stereocenters. The number of rotatable bonds is 6. The van der Waals surface area contributed by atoms with Crippen molar-refractivity contribution in [1.82, 2.24) is 59.8 Å². The van der Waals surface area contributed by atoms with Gasteiger partial charge in [-0.1, -0.05) is 0 Å². The predicted octanol–water partition coefficient (Wildman–Crippen LogP) is -0.340. The van der Waals surface area contributed by atoms with Crippen LogP contribution in [0, 0.1) is 20.5 Å². The zero-order valence-corrected chi connectivity index (χ0v) is 48.2. The van der Waals surface area contributed by atoms with Crippen LogP contribution in [0.15, 0.2) is 294 Å². The molecule has 12 rings (SSSR count). The van der Waals surface area contributed by atoms with Gasteiger partial charge in [0, 0.05) is 149 Å². The zero-order valence-electron chi connectivity index (χ0n) is 45.7. The zero-order chi connectivity index (χ0) is 58.4. The van der Waals surface area contributed by atoms with Gasteiger partial charge in [-0.15, -0.1) is 20.5 Å². The molecule has 0 aliphatic rings. The molecule has 27 heteroatoms. The first-order valence-corrected chi connectivity index (χ1v) is 26.3. The summed E-state index contributed by atoms with van der Waals surface area (Å²) in [6.07, 6.45) is 42.9. The number of hydrogen-bond donors (Lipinski definition) is 0. The van der Waals surface area contributed by atoms with E-state index in [9.17, 15) is 0 Å². The fourth-order valence-electron chi connectivity index (χ4n) is 6.53. The van der Waals surface area contributed by atoms with Gasteiger partial charge in [0.15, 0.2) is 0 Å². The van der Waals surface area contributed by atoms with Crippen molar-refractivity contribution in [2.75, 3.05) is 0 Å². The molecule has 0 aromatic carbocycles. The van der Waals surface area contributed by atoms with Crippen molar-refractivity contribution in [3.8, 4) is 66.8 Å². The molecule has 453 valence electrons. The van der Waals surface area contributed by atoms with E-state index in [2.05, 4.69) is 59.8 Å². The van der Waals surface area contributed by atoms with Crippen LogP contribution in [0.1, 0.15) is 0 Å². The maximum absolute atomic E-state index is 8.49. The van der Waals surface area contributed by atoms with E-state index in [1.165, 1.54) is 66.8 Å². The molecule has 24 nitrogen and oxygen atoms in total. The van der Waals surface area contributed by atoms with Crippen molar-refractivity contribution in [3.05, 3.63) is 294 Å². The van der Waals surface area contributed by atoms with Crippen LogP contribution in [-0.4, -0.2) is 59.8 Å². The molecule has 0 atom stereocenters. The largest absolute Gasteiger partial charge is 2.00 e. The maximum Gasteiger partial charge on any atom is 2.00 e. The van der Waals surface area contributed by atoms with Crippen LogP contribution in [0.2, 0.25) is 0 Å². The Morgan fingerprint density at radius 1 is 0.149 bits per heavy atom. The van der Waals surface area contributed by atoms with Crippen LogP contribution in [0.4, 0.5) is 0 Å². The van der Waals surface area contributed by atoms with Gasteiger partial charge in [-0.25, -0.2) is 37.3 Å². The van der Waals surface area contributed by atoms with Crippen LogP contribution < -0.4 is 37.3 Å². The summed E-state index contributed by atoms with van der Waals surface area (Å²) in [5.74, 6) is 0. The van der Waals surface area contributed by atoms with Crippen molar-refractivity contribution >= 4 is 0 Å². The third-order valence-corrected chi connectivity index (χ3v) is 10.2. The normalized spacial score (nSPS) is 9.38. The molecular weight excluding hydrogens is 1220 g/mol. The van der Waals surface area contributed by atoms with Gasteiger partial charge >= 0.3 is 17.1 Å². The second-order valence-electron chi connectivity index (χ2n) is 15.6. The maximum atomic E-state index is 8.49. The summed E-state index contributed by atoms with van der Waals surface area (Å²) in [5, 5.41) is 0. The molecule has 0 aliphatic heterocycles. The Morgan fingerprint density at radius 3 is 0.241 bits per heavy atom. The summed E-state index contributed by atoms with van der Waals surface area (Å²) in [6, 6.07) is 47.6. The molecule has 12 aromatic heterocycles. The molecule has 0 fully saturated rings. The summed E-state index contributed by atoms with van der Waals surface area (Å²) in [7, 11) is -9.89. The van der Waals surface area contributed by atoms with Crippen LogP contribution in [-0.2, 0) is 39.0 Å². The summed E-state index contributed by atoms with van der Waals surface area (Å²) < 4.78 is 67.9. The first kappa shape index (κ1) is 77.4. The standard InChI is InChI=1S/6C10H8N2.2ClHO4.Cu.4H2O/c6*1-5-11-6-2-9(1)10-3-7-12-8-4-10;2*2-1(3,4)5;;;;;/h6*1-8H;2*(H,2,3,4,5);;4*1H2/q;;;;;;;;+2;;;;/p+2. The Labute approximate surface area is 515 Å². The number of hydrogen-bond acceptors (Lipinski definition) is 20. The Kier molecular flexibility index (Phi) is 39.9. The quantitative estimate of drug-likeness (QED) is 0.152. The van der Waals surface area contributed by atoms with E-state index < -0.39 is 20.5 Å². The van der Waals surface area contributed by atoms with E-state index in [0.29, 0.717) is 0 Å². The van der Waals surface area contributed by atoms with Crippen LogP contribution in [0.3, 0.4) is 0 Å². The second-order valence-corrected chi connectivity index (χ2v) is 17.1. The Morgan fingerprint density at radius 2 is 0.195 bits per heavy atom. The average molecular weight is 1280 g/mol. The SMILES string of the molecule is [Cu+2].[O-][Cl+3]([O-])([O-])[O-].[O-][Cl+3]([O-])([O-])[O-].[OH3+].[OH3+].[OH3+].[OH3+].c1cc(-c2ccncc2)ccn1.c1cc(-c2ccncc2)ccn1.c1cc(-c2ccncc2)ccn1.c1cc(-c2ccncc2)ccn1.c1cc(-c2ccncc2)ccn1.c1cc(-c2ccncc2)ccn1. The van der Waals surface area contributed by atoms with E-state index in [1.54, 1.807) is 149 Å². The van der Waals surface area contributed by atoms with Gasteiger partial charge in [-0.3, -0.25) is 59.8 Å². The molecule has 12 heterocycles. The van der Waals surface area contributed by atoms with Crippen molar-refractivity contribution in [2.24, 2.45) is 0 Å². The Balaban J connectivity index is 0.000000978. The van der Waals surface area contributed by atoms with E-state index in [0.717, 1.165) is 0 Å². The molecule has 1 radical (unpaired) electrons. The summed E-state index contributed by atoms with van der Waals surface area (Å²) in [6.45, 7) is 0. The monoisotopic (exact) mass is 1270 g/mol. The average Bonchev–Trinajstić information content (AvgIpc) is 3.70. The number of pyridine rings is 12. The predicted molar refractivity (Wildman–Crippen MR) is 304 cm³/mol. The Hall–Kier alpha value is -9.58. The molecule has 0 saturated carbocycles. The third kappa shape index (κ3) is 34.7. The van der Waals surface area contributed by atoms with E-state index in [4.69, 9.17) is 37.3 Å². The van der Waals surface area contributed by atoms with Gasteiger partial charge in [0.05, 0.1) is 0 Å². The van der Waals surface area contributed by atoms with Crippen LogP contribution in [0.5, 0.6) is 0 Å². The summed E-state index contributed by atoms with van der Waals surface area (Å²) >= 11 is 0. The molecule has 0 saturated heterocycles. The number of aromatic nitrogens is 12. The summed E-state index contributed by atoms with van der Waals surface area (Å²) in [4.78, 5) is 47.5. The topological polar surface area (TPSA) is 471 Å². The van der Waals surface area contributed by atoms with Gasteiger partial charge < -0.3 is 21.9 Å². The van der Waals surface area contributed by atoms with Gasteiger partial charge in [0.2, 0.25) is 0 Å². The van der Waals surface area contributed by atoms with E-state index in [-0.39, 0.29) is 39.0 Å². The van der Waals surface area contributed by atoms with Crippen molar-refractivity contribution < 1.29 is 96.7 Å². The van der Waals surface area contributed by atoms with Crippen molar-refractivity contribution in [1.29, 1.82) is 0 Å². The molecule has 0 spiro atoms. The minimum Gasteiger partial charge on any atom is -0.457 e. The van der Waals surface area contributed by atoms with Crippen LogP contribution in [0.25, 0.3) is 66.8 Å². The fraction of sp³-hybridized carbons (Fsp3) is 0. The van der Waals surface area contributed by atoms with Gasteiger partial charge in [-0.05, 0) is 212 Å². The molecule has 87 heavy (non-hydrogen) atoms. The third-order valence-electron chi connectivity index (χ3n) is 10.2. The molecule has 12 aromatic rings. The number of nitrogens with zero attached hydrogens (tertiary/aromatic N) is 12. The van der Waals surface area contributed by atoms with Crippen LogP contribution >= 0.6 is 0 Å². The minimum absolute atomic E-state index is 0. The second kappa shape index (κ2) is 44.9. The van der Waals surface area contributed by atoms with Crippen molar-refractivity contribution in [3.63, 3.8) is 0 Å². The number of halogens is 2. The molecule has 12 N–H and O–H groups in total. The molecule has 0 aliphatic carbocycles. The first-order chi connectivity index (χ1) is 39.8. The summed E-state index contributed by atoms with van der Waals surface area (Å²) in [5.41, 5.74) is 14.1. The van der Waals surface area contributed by atoms with Gasteiger partial charge in [-0.2, -0.15) is 0 Å². The smallest absolute Gasteiger partial charge is 0.457 e. The fourth-order valence-corrected chi connectivity index (χ4v) is 6.53. The molecule has 0 bridgehead atoms.